The van der Waals surface area contributed by atoms with Crippen LogP contribution in [0.1, 0.15) is 27.9 Å². The van der Waals surface area contributed by atoms with Gasteiger partial charge in [0.1, 0.15) is 0 Å². The normalized spacial score (nSPS) is 17.4. The number of ether oxygens (including phenoxy) is 1. The van der Waals surface area contributed by atoms with Crippen LogP contribution in [0.3, 0.4) is 0 Å². The molecule has 2 N–H and O–H groups in total. The van der Waals surface area contributed by atoms with E-state index in [1.165, 1.54) is 5.56 Å². The Morgan fingerprint density at radius 2 is 1.74 bits per heavy atom. The van der Waals surface area contributed by atoms with Crippen molar-refractivity contribution in [3.05, 3.63) is 94.7 Å². The summed E-state index contributed by atoms with van der Waals surface area (Å²) < 4.78 is 5.43. The summed E-state index contributed by atoms with van der Waals surface area (Å²) in [6.45, 7) is 4.59. The van der Waals surface area contributed by atoms with Gasteiger partial charge in [-0.1, -0.05) is 54.6 Å². The van der Waals surface area contributed by atoms with Crippen LogP contribution in [0.4, 0.5) is 5.69 Å². The van der Waals surface area contributed by atoms with E-state index in [-0.39, 0.29) is 5.91 Å². The van der Waals surface area contributed by atoms with Crippen LogP contribution in [0.15, 0.2) is 66.7 Å². The van der Waals surface area contributed by atoms with E-state index in [1.54, 1.807) is 0 Å². The number of amides is 1. The molecule has 0 radical (unpaired) electrons. The Bertz CT molecular complexity index is 1440. The van der Waals surface area contributed by atoms with Crippen LogP contribution in [0.5, 0.6) is 0 Å². The first-order valence-corrected chi connectivity index (χ1v) is 11.9. The lowest BCUT2D eigenvalue weighted by Crippen LogP contribution is -2.35. The minimum atomic E-state index is -0.0736. The molecule has 1 fully saturated rings. The summed E-state index contributed by atoms with van der Waals surface area (Å²) in [6.07, 6.45) is 6.05. The second-order valence-corrected chi connectivity index (χ2v) is 8.94. The third-order valence-electron chi connectivity index (χ3n) is 6.56. The molecule has 4 aromatic rings. The molecular weight excluding hydrogens is 436 g/mol. The van der Waals surface area contributed by atoms with Gasteiger partial charge in [-0.25, -0.2) is 0 Å². The largest absolute Gasteiger partial charge is 0.379 e. The number of para-hydroxylation sites is 1. The molecule has 0 saturated carbocycles. The molecule has 0 spiro atoms. The van der Waals surface area contributed by atoms with Crippen molar-refractivity contribution in [3.63, 3.8) is 0 Å². The predicted molar refractivity (Wildman–Crippen MR) is 141 cm³/mol. The van der Waals surface area contributed by atoms with Gasteiger partial charge in [0.25, 0.3) is 5.91 Å². The molecule has 1 amide bonds. The zero-order valence-electron chi connectivity index (χ0n) is 19.3. The van der Waals surface area contributed by atoms with E-state index in [0.717, 1.165) is 71.8 Å². The molecule has 0 atom stereocenters. The summed E-state index contributed by atoms with van der Waals surface area (Å²) >= 11 is 0. The minimum absolute atomic E-state index is 0.0736. The first kappa shape index (κ1) is 21.5. The zero-order chi connectivity index (χ0) is 23.6. The molecule has 6 nitrogen and oxygen atoms in total. The first-order valence-electron chi connectivity index (χ1n) is 11.9. The lowest BCUT2D eigenvalue weighted by atomic mass is 10.0. The van der Waals surface area contributed by atoms with E-state index >= 15 is 0 Å². The van der Waals surface area contributed by atoms with Crippen LogP contribution in [-0.4, -0.2) is 47.3 Å². The van der Waals surface area contributed by atoms with Gasteiger partial charge in [-0.2, -0.15) is 5.10 Å². The van der Waals surface area contributed by atoms with Gasteiger partial charge < -0.3 is 10.1 Å². The number of anilines is 1. The van der Waals surface area contributed by atoms with Crippen molar-refractivity contribution in [2.45, 2.75) is 6.54 Å². The lowest BCUT2D eigenvalue weighted by molar-refractivity contribution is -0.110. The molecule has 2 aliphatic rings. The van der Waals surface area contributed by atoms with Crippen molar-refractivity contribution in [3.8, 4) is 0 Å². The summed E-state index contributed by atoms with van der Waals surface area (Å²) in [7, 11) is 0. The van der Waals surface area contributed by atoms with Gasteiger partial charge in [-0.05, 0) is 47.0 Å². The molecule has 0 aliphatic carbocycles. The summed E-state index contributed by atoms with van der Waals surface area (Å²) in [5.74, 6) is -0.0736. The van der Waals surface area contributed by atoms with E-state index in [0.29, 0.717) is 5.57 Å². The van der Waals surface area contributed by atoms with Crippen LogP contribution in [-0.2, 0) is 16.1 Å². The predicted octanol–water partition coefficient (Wildman–Crippen LogP) is 5.06. The Morgan fingerprint density at radius 3 is 2.60 bits per heavy atom. The summed E-state index contributed by atoms with van der Waals surface area (Å²) in [5, 5.41) is 11.6. The number of benzene rings is 3. The van der Waals surface area contributed by atoms with Gasteiger partial charge in [-0.3, -0.25) is 14.8 Å². The van der Waals surface area contributed by atoms with Crippen LogP contribution < -0.4 is 5.32 Å². The molecule has 3 aromatic carbocycles. The number of carbonyl (C=O) groups excluding carboxylic acids is 1. The second-order valence-electron chi connectivity index (χ2n) is 8.94. The SMILES string of the molecule is O=C1Nc2ccccc2C1=Cc1ccc2c(/C=C/c3ccc(CN4CCOCC4)cc3)n[nH]c2c1. The number of H-pyrrole nitrogens is 1. The Balaban J connectivity index is 1.18. The van der Waals surface area contributed by atoms with Crippen molar-refractivity contribution in [2.75, 3.05) is 31.6 Å². The standard InChI is InChI=1S/C29H26N4O2/c34-29-25(23-3-1-2-4-26(23)30-29)17-22-9-11-24-27(31-32-28(24)18-22)12-10-20-5-7-21(8-6-20)19-33-13-15-35-16-14-33/h1-12,17-18H,13-16,19H2,(H,30,34)(H,31,32)/b12-10+,25-17?. The van der Waals surface area contributed by atoms with Crippen LogP contribution >= 0.6 is 0 Å². The maximum Gasteiger partial charge on any atom is 0.256 e. The number of nitrogens with one attached hydrogen (secondary N) is 2. The van der Waals surface area contributed by atoms with E-state index in [4.69, 9.17) is 4.74 Å². The zero-order valence-corrected chi connectivity index (χ0v) is 19.3. The van der Waals surface area contributed by atoms with Crippen LogP contribution in [0.2, 0.25) is 0 Å². The van der Waals surface area contributed by atoms with Crippen LogP contribution in [0, 0.1) is 0 Å². The van der Waals surface area contributed by atoms with E-state index < -0.39 is 0 Å². The van der Waals surface area contributed by atoms with Crippen molar-refractivity contribution in [1.82, 2.24) is 15.1 Å². The fourth-order valence-electron chi connectivity index (χ4n) is 4.65. The molecule has 0 bridgehead atoms. The number of morpholine rings is 1. The third kappa shape index (κ3) is 4.54. The molecule has 6 heteroatoms. The maximum absolute atomic E-state index is 12.4. The average molecular weight is 463 g/mol. The highest BCUT2D eigenvalue weighted by molar-refractivity contribution is 6.34. The van der Waals surface area contributed by atoms with Gasteiger partial charge in [0.15, 0.2) is 0 Å². The van der Waals surface area contributed by atoms with E-state index in [2.05, 4.69) is 56.8 Å². The number of fused-ring (bicyclic) bond motifs is 2. The fourth-order valence-corrected chi connectivity index (χ4v) is 4.65. The lowest BCUT2D eigenvalue weighted by Gasteiger charge is -2.26. The number of nitrogens with zero attached hydrogens (tertiary/aromatic N) is 2. The maximum atomic E-state index is 12.4. The minimum Gasteiger partial charge on any atom is -0.379 e. The Hall–Kier alpha value is -4.00. The molecule has 3 heterocycles. The average Bonchev–Trinajstić information content (AvgIpc) is 3.44. The molecule has 1 aromatic heterocycles. The molecule has 35 heavy (non-hydrogen) atoms. The number of rotatable bonds is 5. The van der Waals surface area contributed by atoms with E-state index in [9.17, 15) is 4.79 Å². The molecule has 2 aliphatic heterocycles. The topological polar surface area (TPSA) is 70.2 Å². The Labute approximate surface area is 203 Å². The number of aromatic amines is 1. The molecule has 1 saturated heterocycles. The Kier molecular flexibility index (Phi) is 5.74. The fraction of sp³-hybridized carbons (Fsp3) is 0.172. The highest BCUT2D eigenvalue weighted by Gasteiger charge is 2.23. The smallest absolute Gasteiger partial charge is 0.256 e. The van der Waals surface area contributed by atoms with Crippen LogP contribution in [0.25, 0.3) is 34.7 Å². The van der Waals surface area contributed by atoms with Crippen molar-refractivity contribution in [2.24, 2.45) is 0 Å². The van der Waals surface area contributed by atoms with Gasteiger partial charge in [-0.15, -0.1) is 0 Å². The van der Waals surface area contributed by atoms with E-state index in [1.807, 2.05) is 48.6 Å². The summed E-state index contributed by atoms with van der Waals surface area (Å²) in [6, 6.07) is 22.5. The van der Waals surface area contributed by atoms with Gasteiger partial charge >= 0.3 is 0 Å². The summed E-state index contributed by atoms with van der Waals surface area (Å²) in [5.41, 5.74) is 7.70. The highest BCUT2D eigenvalue weighted by Crippen LogP contribution is 2.33. The number of hydrogen-bond donors (Lipinski definition) is 2. The number of hydrogen-bond acceptors (Lipinski definition) is 4. The highest BCUT2D eigenvalue weighted by atomic mass is 16.5. The van der Waals surface area contributed by atoms with Crippen molar-refractivity contribution >= 4 is 46.3 Å². The summed E-state index contributed by atoms with van der Waals surface area (Å²) in [4.78, 5) is 14.9. The van der Waals surface area contributed by atoms with Gasteiger partial charge in [0.2, 0.25) is 0 Å². The quantitative estimate of drug-likeness (QED) is 0.407. The van der Waals surface area contributed by atoms with Gasteiger partial charge in [0, 0.05) is 41.8 Å². The monoisotopic (exact) mass is 462 g/mol. The second kappa shape index (κ2) is 9.33. The number of carbonyl (C=O) groups is 1. The van der Waals surface area contributed by atoms with Crippen molar-refractivity contribution < 1.29 is 9.53 Å². The number of aromatic nitrogens is 2. The molecule has 6 rings (SSSR count). The molecule has 0 unspecified atom stereocenters. The Morgan fingerprint density at radius 1 is 0.943 bits per heavy atom. The molecular formula is C29H26N4O2. The molecule has 174 valence electrons. The van der Waals surface area contributed by atoms with Gasteiger partial charge in [0.05, 0.1) is 24.4 Å². The van der Waals surface area contributed by atoms with Crippen molar-refractivity contribution in [1.29, 1.82) is 0 Å². The first-order chi connectivity index (χ1) is 17.2. The third-order valence-corrected chi connectivity index (χ3v) is 6.56.